The molecule has 0 spiro atoms. The first-order valence-electron chi connectivity index (χ1n) is 6.66. The van der Waals surface area contributed by atoms with E-state index in [4.69, 9.17) is 0 Å². The Bertz CT molecular complexity index is 588. The highest BCUT2D eigenvalue weighted by Gasteiger charge is 2.12. The van der Waals surface area contributed by atoms with Crippen LogP contribution in [0.15, 0.2) is 6.33 Å². The van der Waals surface area contributed by atoms with E-state index in [9.17, 15) is 0 Å². The lowest BCUT2D eigenvalue weighted by molar-refractivity contribution is 0.745. The van der Waals surface area contributed by atoms with Gasteiger partial charge in [-0.25, -0.2) is 15.0 Å². The van der Waals surface area contributed by atoms with E-state index in [0.29, 0.717) is 6.54 Å². The summed E-state index contributed by atoms with van der Waals surface area (Å²) in [5.41, 5.74) is 0.993. The Morgan fingerprint density at radius 2 is 1.95 bits per heavy atom. The standard InChI is InChI=1S/C13H21N7/c1-8(2)11-17-12(14-4)9(3)13(18-11)15-6-10-16-7-20(5)19-10/h7-8H,6H2,1-5H3,(H2,14,15,17,18). The highest BCUT2D eigenvalue weighted by Crippen LogP contribution is 2.22. The minimum atomic E-state index is 0.274. The van der Waals surface area contributed by atoms with Gasteiger partial charge in [0.15, 0.2) is 5.82 Å². The summed E-state index contributed by atoms with van der Waals surface area (Å²) in [7, 11) is 3.71. The van der Waals surface area contributed by atoms with Crippen molar-refractivity contribution in [1.29, 1.82) is 0 Å². The molecule has 2 rings (SSSR count). The minimum Gasteiger partial charge on any atom is -0.373 e. The van der Waals surface area contributed by atoms with Crippen LogP contribution < -0.4 is 10.6 Å². The van der Waals surface area contributed by atoms with Crippen molar-refractivity contribution in [3.63, 3.8) is 0 Å². The molecular formula is C13H21N7. The molecule has 0 radical (unpaired) electrons. The van der Waals surface area contributed by atoms with Gasteiger partial charge in [-0.2, -0.15) is 5.10 Å². The summed E-state index contributed by atoms with van der Waals surface area (Å²) in [6.45, 7) is 6.69. The summed E-state index contributed by atoms with van der Waals surface area (Å²) in [4.78, 5) is 13.3. The maximum absolute atomic E-state index is 4.58. The second kappa shape index (κ2) is 5.85. The summed E-state index contributed by atoms with van der Waals surface area (Å²) in [6.07, 6.45) is 1.68. The Hall–Kier alpha value is -2.18. The number of hydrogen-bond acceptors (Lipinski definition) is 6. The molecule has 0 saturated carbocycles. The average Bonchev–Trinajstić information content (AvgIpc) is 2.83. The minimum absolute atomic E-state index is 0.274. The third kappa shape index (κ3) is 3.04. The number of anilines is 2. The number of rotatable bonds is 5. The molecule has 0 atom stereocenters. The van der Waals surface area contributed by atoms with Crippen LogP contribution in [-0.2, 0) is 13.6 Å². The van der Waals surface area contributed by atoms with Crippen molar-refractivity contribution in [3.05, 3.63) is 23.5 Å². The molecule has 108 valence electrons. The number of hydrogen-bond donors (Lipinski definition) is 2. The zero-order chi connectivity index (χ0) is 14.7. The lowest BCUT2D eigenvalue weighted by Gasteiger charge is -2.14. The van der Waals surface area contributed by atoms with Gasteiger partial charge in [0.1, 0.15) is 23.8 Å². The van der Waals surface area contributed by atoms with Crippen molar-refractivity contribution < 1.29 is 0 Å². The maximum Gasteiger partial charge on any atom is 0.169 e. The molecule has 2 heterocycles. The SMILES string of the molecule is CNc1nc(C(C)C)nc(NCc2ncn(C)n2)c1C. The maximum atomic E-state index is 4.58. The number of nitrogens with one attached hydrogen (secondary N) is 2. The average molecular weight is 275 g/mol. The molecule has 2 aromatic rings. The van der Waals surface area contributed by atoms with Gasteiger partial charge in [0.05, 0.1) is 6.54 Å². The van der Waals surface area contributed by atoms with E-state index < -0.39 is 0 Å². The van der Waals surface area contributed by atoms with Crippen LogP contribution in [0.3, 0.4) is 0 Å². The van der Waals surface area contributed by atoms with E-state index >= 15 is 0 Å². The topological polar surface area (TPSA) is 80.5 Å². The van der Waals surface area contributed by atoms with E-state index in [1.54, 1.807) is 11.0 Å². The second-order valence-corrected chi connectivity index (χ2v) is 5.00. The van der Waals surface area contributed by atoms with Gasteiger partial charge in [-0.1, -0.05) is 13.8 Å². The lowest BCUT2D eigenvalue weighted by Crippen LogP contribution is -2.11. The first-order valence-corrected chi connectivity index (χ1v) is 6.66. The molecular weight excluding hydrogens is 254 g/mol. The summed E-state index contributed by atoms with van der Waals surface area (Å²) in [5.74, 6) is 3.50. The highest BCUT2D eigenvalue weighted by atomic mass is 15.3. The van der Waals surface area contributed by atoms with Crippen LogP contribution in [0.25, 0.3) is 0 Å². The summed E-state index contributed by atoms with van der Waals surface area (Å²) >= 11 is 0. The van der Waals surface area contributed by atoms with Gasteiger partial charge in [-0.05, 0) is 6.92 Å². The molecule has 0 aliphatic carbocycles. The van der Waals surface area contributed by atoms with Crippen molar-refractivity contribution in [2.75, 3.05) is 17.7 Å². The Kier molecular flexibility index (Phi) is 4.16. The fourth-order valence-electron chi connectivity index (χ4n) is 1.84. The molecule has 20 heavy (non-hydrogen) atoms. The van der Waals surface area contributed by atoms with Crippen LogP contribution in [-0.4, -0.2) is 31.8 Å². The van der Waals surface area contributed by atoms with Gasteiger partial charge in [0.2, 0.25) is 0 Å². The third-order valence-electron chi connectivity index (χ3n) is 2.98. The molecule has 0 saturated heterocycles. The van der Waals surface area contributed by atoms with Crippen LogP contribution in [0.2, 0.25) is 0 Å². The van der Waals surface area contributed by atoms with Crippen LogP contribution in [0.1, 0.15) is 37.0 Å². The molecule has 2 aromatic heterocycles. The van der Waals surface area contributed by atoms with Crippen molar-refractivity contribution >= 4 is 11.6 Å². The predicted molar refractivity (Wildman–Crippen MR) is 78.7 cm³/mol. The molecule has 0 bridgehead atoms. The highest BCUT2D eigenvalue weighted by molar-refractivity contribution is 5.57. The lowest BCUT2D eigenvalue weighted by atomic mass is 10.2. The zero-order valence-electron chi connectivity index (χ0n) is 12.6. The summed E-state index contributed by atoms with van der Waals surface area (Å²) < 4.78 is 1.68. The van der Waals surface area contributed by atoms with Crippen molar-refractivity contribution in [1.82, 2.24) is 24.7 Å². The van der Waals surface area contributed by atoms with Crippen LogP contribution in [0, 0.1) is 6.92 Å². The fraction of sp³-hybridized carbons (Fsp3) is 0.538. The first kappa shape index (κ1) is 14.2. The van der Waals surface area contributed by atoms with Crippen LogP contribution >= 0.6 is 0 Å². The van der Waals surface area contributed by atoms with Gasteiger partial charge >= 0.3 is 0 Å². The molecule has 0 aromatic carbocycles. The van der Waals surface area contributed by atoms with Gasteiger partial charge in [0, 0.05) is 25.6 Å². The fourth-order valence-corrected chi connectivity index (χ4v) is 1.84. The molecule has 0 unspecified atom stereocenters. The molecule has 7 heteroatoms. The largest absolute Gasteiger partial charge is 0.373 e. The Balaban J connectivity index is 2.23. The second-order valence-electron chi connectivity index (χ2n) is 5.00. The molecule has 7 nitrogen and oxygen atoms in total. The normalized spacial score (nSPS) is 10.9. The number of nitrogens with zero attached hydrogens (tertiary/aromatic N) is 5. The van der Waals surface area contributed by atoms with Gasteiger partial charge in [0.25, 0.3) is 0 Å². The van der Waals surface area contributed by atoms with Crippen LogP contribution in [0.4, 0.5) is 11.6 Å². The van der Waals surface area contributed by atoms with Crippen molar-refractivity contribution in [2.24, 2.45) is 7.05 Å². The number of aryl methyl sites for hydroxylation is 1. The van der Waals surface area contributed by atoms with E-state index in [0.717, 1.165) is 28.8 Å². The Morgan fingerprint density at radius 3 is 2.50 bits per heavy atom. The quantitative estimate of drug-likeness (QED) is 0.864. The third-order valence-corrected chi connectivity index (χ3v) is 2.98. The zero-order valence-corrected chi connectivity index (χ0v) is 12.6. The first-order chi connectivity index (χ1) is 9.51. The number of aromatic nitrogens is 5. The Morgan fingerprint density at radius 1 is 1.25 bits per heavy atom. The summed E-state index contributed by atoms with van der Waals surface area (Å²) in [5, 5.41) is 10.6. The van der Waals surface area contributed by atoms with Gasteiger partial charge in [-0.3, -0.25) is 4.68 Å². The van der Waals surface area contributed by atoms with Crippen molar-refractivity contribution in [3.8, 4) is 0 Å². The van der Waals surface area contributed by atoms with Crippen LogP contribution in [0.5, 0.6) is 0 Å². The van der Waals surface area contributed by atoms with E-state index in [1.165, 1.54) is 0 Å². The monoisotopic (exact) mass is 275 g/mol. The molecule has 0 aliphatic rings. The molecule has 0 aliphatic heterocycles. The van der Waals surface area contributed by atoms with Gasteiger partial charge in [-0.15, -0.1) is 0 Å². The summed E-state index contributed by atoms with van der Waals surface area (Å²) in [6, 6.07) is 0. The molecule has 0 fully saturated rings. The van der Waals surface area contributed by atoms with Gasteiger partial charge < -0.3 is 10.6 Å². The Labute approximate surface area is 118 Å². The van der Waals surface area contributed by atoms with Crippen molar-refractivity contribution in [2.45, 2.75) is 33.2 Å². The molecule has 0 amide bonds. The predicted octanol–water partition coefficient (Wildman–Crippen LogP) is 1.69. The molecule has 2 N–H and O–H groups in total. The van der Waals surface area contributed by atoms with E-state index in [1.807, 2.05) is 21.0 Å². The smallest absolute Gasteiger partial charge is 0.169 e. The van der Waals surface area contributed by atoms with E-state index in [-0.39, 0.29) is 5.92 Å². The van der Waals surface area contributed by atoms with E-state index in [2.05, 4.69) is 44.5 Å².